The first-order chi connectivity index (χ1) is 16.8. The van der Waals surface area contributed by atoms with Gasteiger partial charge in [-0.05, 0) is 63.2 Å². The lowest BCUT2D eigenvalue weighted by atomic mass is 10.2. The minimum Gasteiger partial charge on any atom is -0.383 e. The number of aryl methyl sites for hydroxylation is 1. The van der Waals surface area contributed by atoms with Crippen molar-refractivity contribution in [2.45, 2.75) is 32.0 Å². The number of ether oxygens (including phenoxy) is 1. The molecule has 178 valence electrons. The third kappa shape index (κ3) is 4.78. The maximum absolute atomic E-state index is 13.4. The fourth-order valence-electron chi connectivity index (χ4n) is 4.38. The Morgan fingerprint density at radius 3 is 2.57 bits per heavy atom. The van der Waals surface area contributed by atoms with E-state index in [1.165, 1.54) is 16.3 Å². The molecule has 0 spiro atoms. The fraction of sp³-hybridized carbons (Fsp3) is 0.259. The minimum absolute atomic E-state index is 0.0345. The van der Waals surface area contributed by atoms with Crippen LogP contribution in [-0.4, -0.2) is 39.4 Å². The second kappa shape index (κ2) is 10.3. The Kier molecular flexibility index (Phi) is 7.20. The molecular weight excluding hydrogens is 460 g/mol. The number of fused-ring (bicyclic) bond motifs is 1. The Morgan fingerprint density at radius 1 is 1.17 bits per heavy atom. The molecular formula is C27H26N4O3S. The van der Waals surface area contributed by atoms with Gasteiger partial charge in [-0.2, -0.15) is 5.26 Å². The summed E-state index contributed by atoms with van der Waals surface area (Å²) in [4.78, 5) is 31.4. The number of nitriles is 1. The molecule has 1 atom stereocenters. The number of aromatic nitrogens is 3. The number of ketones is 1. The number of thioether (sulfide) groups is 1. The summed E-state index contributed by atoms with van der Waals surface area (Å²) in [6.07, 6.45) is 0. The number of Topliss-reactive ketones (excluding diaryl/α,β-unsaturated/α-hetero) is 1. The van der Waals surface area contributed by atoms with Crippen molar-refractivity contribution in [2.75, 3.05) is 19.5 Å². The van der Waals surface area contributed by atoms with Crippen molar-refractivity contribution in [2.24, 2.45) is 0 Å². The van der Waals surface area contributed by atoms with Crippen molar-refractivity contribution in [3.8, 4) is 11.8 Å². The molecule has 0 radical (unpaired) electrons. The van der Waals surface area contributed by atoms with Crippen molar-refractivity contribution in [3.05, 3.63) is 87.5 Å². The molecule has 0 amide bonds. The van der Waals surface area contributed by atoms with E-state index in [-0.39, 0.29) is 23.1 Å². The molecule has 2 aromatic heterocycles. The lowest BCUT2D eigenvalue weighted by molar-refractivity contribution is 0.102. The van der Waals surface area contributed by atoms with Gasteiger partial charge in [0.2, 0.25) is 0 Å². The molecule has 4 aromatic rings. The summed E-state index contributed by atoms with van der Waals surface area (Å²) in [7, 11) is 1.66. The molecule has 0 N–H and O–H groups in total. The van der Waals surface area contributed by atoms with Crippen molar-refractivity contribution < 1.29 is 9.53 Å². The third-order valence-corrected chi connectivity index (χ3v) is 6.90. The summed E-state index contributed by atoms with van der Waals surface area (Å²) in [6.45, 7) is 6.53. The highest BCUT2D eigenvalue weighted by Gasteiger charge is 2.20. The van der Waals surface area contributed by atoms with Gasteiger partial charge in [0.05, 0.1) is 46.6 Å². The lowest BCUT2D eigenvalue weighted by Crippen LogP contribution is -2.22. The Hall–Kier alpha value is -3.67. The van der Waals surface area contributed by atoms with E-state index in [1.54, 1.807) is 49.6 Å². The predicted octanol–water partition coefficient (Wildman–Crippen LogP) is 4.86. The van der Waals surface area contributed by atoms with E-state index in [0.29, 0.717) is 39.5 Å². The first kappa shape index (κ1) is 24.5. The van der Waals surface area contributed by atoms with Crippen LogP contribution in [0.2, 0.25) is 0 Å². The van der Waals surface area contributed by atoms with E-state index >= 15 is 0 Å². The highest BCUT2D eigenvalue weighted by Crippen LogP contribution is 2.26. The average Bonchev–Trinajstić information content (AvgIpc) is 3.16. The molecule has 2 aromatic carbocycles. The SMILES string of the molecule is COCC(C)n1c(C)cc(C(=O)CSc2nc3ccccc3c(=O)n2-c2ccc(C#N)cc2)c1C. The van der Waals surface area contributed by atoms with Crippen LogP contribution in [0.4, 0.5) is 0 Å². The van der Waals surface area contributed by atoms with Gasteiger partial charge in [0.25, 0.3) is 5.56 Å². The molecule has 0 saturated carbocycles. The number of hydrogen-bond acceptors (Lipinski definition) is 6. The molecule has 0 bridgehead atoms. The van der Waals surface area contributed by atoms with Crippen molar-refractivity contribution in [1.29, 1.82) is 5.26 Å². The highest BCUT2D eigenvalue weighted by atomic mass is 32.2. The zero-order valence-electron chi connectivity index (χ0n) is 20.1. The van der Waals surface area contributed by atoms with Crippen LogP contribution >= 0.6 is 11.8 Å². The zero-order valence-corrected chi connectivity index (χ0v) is 20.9. The van der Waals surface area contributed by atoms with Gasteiger partial charge in [-0.3, -0.25) is 14.2 Å². The molecule has 1 unspecified atom stereocenters. The normalized spacial score (nSPS) is 12.0. The molecule has 4 rings (SSSR count). The van der Waals surface area contributed by atoms with Gasteiger partial charge in [0.1, 0.15) is 0 Å². The Balaban J connectivity index is 1.70. The van der Waals surface area contributed by atoms with Gasteiger partial charge in [0.15, 0.2) is 10.9 Å². The zero-order chi connectivity index (χ0) is 25.1. The average molecular weight is 487 g/mol. The molecule has 7 nitrogen and oxygen atoms in total. The van der Waals surface area contributed by atoms with Crippen LogP contribution in [0.5, 0.6) is 0 Å². The van der Waals surface area contributed by atoms with E-state index in [1.807, 2.05) is 26.0 Å². The van der Waals surface area contributed by atoms with Gasteiger partial charge < -0.3 is 9.30 Å². The van der Waals surface area contributed by atoms with Gasteiger partial charge >= 0.3 is 0 Å². The minimum atomic E-state index is -0.221. The number of carbonyl (C=O) groups excluding carboxylic acids is 1. The molecule has 2 heterocycles. The number of hydrogen-bond donors (Lipinski definition) is 0. The second-order valence-corrected chi connectivity index (χ2v) is 9.32. The lowest BCUT2D eigenvalue weighted by Gasteiger charge is -2.17. The van der Waals surface area contributed by atoms with E-state index in [0.717, 1.165) is 11.4 Å². The molecule has 0 fully saturated rings. The first-order valence-corrected chi connectivity index (χ1v) is 12.2. The van der Waals surface area contributed by atoms with Gasteiger partial charge in [0, 0.05) is 24.1 Å². The summed E-state index contributed by atoms with van der Waals surface area (Å²) in [5.74, 6) is 0.0945. The monoisotopic (exact) mass is 486 g/mol. The molecule has 0 aliphatic heterocycles. The number of benzene rings is 2. The summed E-state index contributed by atoms with van der Waals surface area (Å²) in [6, 6.07) is 18.0. The van der Waals surface area contributed by atoms with Crippen molar-refractivity contribution in [3.63, 3.8) is 0 Å². The molecule has 0 aliphatic rings. The van der Waals surface area contributed by atoms with Crippen LogP contribution in [0.15, 0.2) is 64.5 Å². The number of para-hydroxylation sites is 1. The molecule has 8 heteroatoms. The fourth-order valence-corrected chi connectivity index (χ4v) is 5.28. The van der Waals surface area contributed by atoms with Crippen molar-refractivity contribution in [1.82, 2.24) is 14.1 Å². The maximum atomic E-state index is 13.4. The smallest absolute Gasteiger partial charge is 0.266 e. The second-order valence-electron chi connectivity index (χ2n) is 8.38. The summed E-state index contributed by atoms with van der Waals surface area (Å²) >= 11 is 1.23. The first-order valence-electron chi connectivity index (χ1n) is 11.2. The van der Waals surface area contributed by atoms with Crippen LogP contribution < -0.4 is 5.56 Å². The summed E-state index contributed by atoms with van der Waals surface area (Å²) in [5, 5.41) is 10.0. The maximum Gasteiger partial charge on any atom is 0.266 e. The Labute approximate surface area is 208 Å². The van der Waals surface area contributed by atoms with Crippen molar-refractivity contribution >= 4 is 28.4 Å². The van der Waals surface area contributed by atoms with Gasteiger partial charge in [-0.25, -0.2) is 4.98 Å². The van der Waals surface area contributed by atoms with Crippen LogP contribution in [0, 0.1) is 25.2 Å². The highest BCUT2D eigenvalue weighted by molar-refractivity contribution is 7.99. The number of rotatable bonds is 8. The van der Waals surface area contributed by atoms with E-state index in [2.05, 4.69) is 17.6 Å². The van der Waals surface area contributed by atoms with Crippen LogP contribution in [0.1, 0.15) is 40.3 Å². The third-order valence-electron chi connectivity index (χ3n) is 5.97. The molecule has 0 saturated heterocycles. The summed E-state index contributed by atoms with van der Waals surface area (Å²) < 4.78 is 8.91. The predicted molar refractivity (Wildman–Crippen MR) is 138 cm³/mol. The quantitative estimate of drug-likeness (QED) is 0.201. The van der Waals surface area contributed by atoms with Gasteiger partial charge in [-0.15, -0.1) is 0 Å². The van der Waals surface area contributed by atoms with E-state index in [9.17, 15) is 9.59 Å². The van der Waals surface area contributed by atoms with E-state index in [4.69, 9.17) is 15.0 Å². The largest absolute Gasteiger partial charge is 0.383 e. The number of carbonyl (C=O) groups is 1. The van der Waals surface area contributed by atoms with Crippen LogP contribution in [-0.2, 0) is 4.74 Å². The van der Waals surface area contributed by atoms with Gasteiger partial charge in [-0.1, -0.05) is 23.9 Å². The molecule has 0 aliphatic carbocycles. The topological polar surface area (TPSA) is 89.9 Å². The Bertz CT molecular complexity index is 1500. The number of methoxy groups -OCH3 is 1. The Morgan fingerprint density at radius 2 is 1.89 bits per heavy atom. The molecule has 35 heavy (non-hydrogen) atoms. The van der Waals surface area contributed by atoms with E-state index < -0.39 is 0 Å². The number of nitrogens with zero attached hydrogens (tertiary/aromatic N) is 4. The van der Waals surface area contributed by atoms with Crippen LogP contribution in [0.3, 0.4) is 0 Å². The standard InChI is InChI=1S/C27H26N4O3S/c1-17-13-23(19(3)30(17)18(2)15-34-4)25(32)16-35-27-29-24-8-6-5-7-22(24)26(33)31(27)21-11-9-20(14-28)10-12-21/h5-13,18H,15-16H2,1-4H3. The van der Waals surface area contributed by atoms with Crippen LogP contribution in [0.25, 0.3) is 16.6 Å². The summed E-state index contributed by atoms with van der Waals surface area (Å²) in [5.41, 5.74) is 4.00.